The molecule has 2 aromatic carbocycles. The fourth-order valence-electron chi connectivity index (χ4n) is 6.02. The summed E-state index contributed by atoms with van der Waals surface area (Å²) in [6.07, 6.45) is -0.739. The van der Waals surface area contributed by atoms with Crippen molar-refractivity contribution in [3.05, 3.63) is 76.3 Å². The molecule has 47 heavy (non-hydrogen) atoms. The standard InChI is InChI=1S/C33H34BrF3N6O3S/c1-41-9-11-42(12-10-41)19-24-7-8-25(46-24)20-47(44)14-13-45-30-16-26-28(17-27(30)34)43(23-5-6-23)29-18-38-40-32(31(26)29)39-22-4-2-3-21(15-22)33(35,36)37/h2-4,7-8,15-18,23H,5-6,9-14,19-20H2,1H3,(H,39,40). The molecule has 4 heterocycles. The van der Waals surface area contributed by atoms with Crippen molar-refractivity contribution in [1.29, 1.82) is 0 Å². The average Bonchev–Trinajstić information content (AvgIpc) is 3.69. The Morgan fingerprint density at radius 1 is 1.06 bits per heavy atom. The maximum atomic E-state index is 13.4. The van der Waals surface area contributed by atoms with Gasteiger partial charge in [0.1, 0.15) is 17.3 Å². The number of piperazine rings is 1. The van der Waals surface area contributed by atoms with E-state index in [2.05, 4.69) is 52.9 Å². The van der Waals surface area contributed by atoms with E-state index in [0.717, 1.165) is 89.7 Å². The minimum Gasteiger partial charge on any atom is -0.491 e. The quantitative estimate of drug-likeness (QED) is 0.154. The summed E-state index contributed by atoms with van der Waals surface area (Å²) in [6.45, 7) is 5.05. The SMILES string of the molecule is CN1CCN(Cc2ccc(CS(=O)CCOc3cc4c5c(Nc6cccc(C(F)(F)F)c6)nncc5n(C5CC5)c4cc3Br)o2)CC1. The lowest BCUT2D eigenvalue weighted by Crippen LogP contribution is -2.43. The number of rotatable bonds is 11. The van der Waals surface area contributed by atoms with Gasteiger partial charge in [-0.1, -0.05) is 6.07 Å². The largest absolute Gasteiger partial charge is 0.491 e. The second-order valence-electron chi connectivity index (χ2n) is 12.1. The molecule has 7 rings (SSSR count). The van der Waals surface area contributed by atoms with Crippen LogP contribution in [0.25, 0.3) is 21.8 Å². The summed E-state index contributed by atoms with van der Waals surface area (Å²) in [4.78, 5) is 4.67. The van der Waals surface area contributed by atoms with E-state index in [1.165, 1.54) is 6.07 Å². The molecule has 0 amide bonds. The van der Waals surface area contributed by atoms with Crippen molar-refractivity contribution >= 4 is 60.0 Å². The zero-order valence-corrected chi connectivity index (χ0v) is 28.1. The zero-order chi connectivity index (χ0) is 32.7. The molecule has 1 unspecified atom stereocenters. The summed E-state index contributed by atoms with van der Waals surface area (Å²) in [5.41, 5.74) is 1.28. The Hall–Kier alpha value is -3.46. The molecule has 2 aliphatic rings. The Bertz CT molecular complexity index is 1930. The van der Waals surface area contributed by atoms with Crippen molar-refractivity contribution in [1.82, 2.24) is 24.6 Å². The number of hydrogen-bond donors (Lipinski definition) is 1. The van der Waals surface area contributed by atoms with Crippen LogP contribution in [0.5, 0.6) is 5.75 Å². The molecule has 2 fully saturated rings. The van der Waals surface area contributed by atoms with E-state index in [9.17, 15) is 17.4 Å². The lowest BCUT2D eigenvalue weighted by Gasteiger charge is -2.31. The van der Waals surface area contributed by atoms with Gasteiger partial charge in [0.05, 0.1) is 57.3 Å². The molecule has 1 N–H and O–H groups in total. The summed E-state index contributed by atoms with van der Waals surface area (Å²) < 4.78 is 68.2. The monoisotopic (exact) mass is 730 g/mol. The van der Waals surface area contributed by atoms with Crippen molar-refractivity contribution in [2.75, 3.05) is 50.9 Å². The second-order valence-corrected chi connectivity index (χ2v) is 14.6. The van der Waals surface area contributed by atoms with Crippen molar-refractivity contribution in [2.45, 2.75) is 37.4 Å². The number of furan rings is 1. The van der Waals surface area contributed by atoms with Gasteiger partial charge in [-0.25, -0.2) is 0 Å². The van der Waals surface area contributed by atoms with Gasteiger partial charge in [-0.2, -0.15) is 18.3 Å². The lowest BCUT2D eigenvalue weighted by molar-refractivity contribution is -0.137. The Balaban J connectivity index is 1.07. The molecule has 0 spiro atoms. The molecule has 1 saturated heterocycles. The second kappa shape index (κ2) is 13.2. The molecule has 1 aliphatic heterocycles. The molecule has 248 valence electrons. The number of ether oxygens (including phenoxy) is 1. The molecule has 9 nitrogen and oxygen atoms in total. The topological polar surface area (TPSA) is 88.7 Å². The molecular weight excluding hydrogens is 697 g/mol. The number of benzene rings is 2. The first-order valence-corrected chi connectivity index (χ1v) is 17.8. The van der Waals surface area contributed by atoms with Crippen LogP contribution < -0.4 is 10.1 Å². The summed E-state index contributed by atoms with van der Waals surface area (Å²) in [5.74, 6) is 3.13. The van der Waals surface area contributed by atoms with Crippen LogP contribution >= 0.6 is 15.9 Å². The van der Waals surface area contributed by atoms with Gasteiger partial charge in [0, 0.05) is 54.1 Å². The first kappa shape index (κ1) is 32.1. The van der Waals surface area contributed by atoms with Crippen LogP contribution in [0.2, 0.25) is 0 Å². The summed E-state index contributed by atoms with van der Waals surface area (Å²) in [5, 5.41) is 13.1. The fourth-order valence-corrected chi connectivity index (χ4v) is 7.35. The van der Waals surface area contributed by atoms with Gasteiger partial charge in [0.2, 0.25) is 0 Å². The number of anilines is 2. The third-order valence-electron chi connectivity index (χ3n) is 8.60. The van der Waals surface area contributed by atoms with Gasteiger partial charge in [-0.05, 0) is 78.3 Å². The molecular formula is C33H34BrF3N6O3S. The van der Waals surface area contributed by atoms with Crippen molar-refractivity contribution in [3.8, 4) is 5.75 Å². The van der Waals surface area contributed by atoms with Gasteiger partial charge in [0.25, 0.3) is 0 Å². The molecule has 1 atom stereocenters. The van der Waals surface area contributed by atoms with E-state index < -0.39 is 22.5 Å². The highest BCUT2D eigenvalue weighted by atomic mass is 79.9. The maximum absolute atomic E-state index is 13.4. The Labute approximate surface area is 280 Å². The van der Waals surface area contributed by atoms with Gasteiger partial charge < -0.3 is 23.9 Å². The van der Waals surface area contributed by atoms with Crippen LogP contribution in [0.1, 0.15) is 36.0 Å². The van der Waals surface area contributed by atoms with Crippen LogP contribution in [-0.4, -0.2) is 74.4 Å². The lowest BCUT2D eigenvalue weighted by atomic mass is 10.1. The van der Waals surface area contributed by atoms with Crippen LogP contribution in [-0.2, 0) is 29.3 Å². The maximum Gasteiger partial charge on any atom is 0.416 e. The van der Waals surface area contributed by atoms with Crippen LogP contribution in [0, 0.1) is 0 Å². The highest BCUT2D eigenvalue weighted by molar-refractivity contribution is 9.10. The van der Waals surface area contributed by atoms with E-state index in [1.54, 1.807) is 12.3 Å². The highest BCUT2D eigenvalue weighted by Gasteiger charge is 2.31. The summed E-state index contributed by atoms with van der Waals surface area (Å²) in [7, 11) is 0.933. The normalized spacial score (nSPS) is 17.0. The summed E-state index contributed by atoms with van der Waals surface area (Å²) >= 11 is 3.66. The van der Waals surface area contributed by atoms with E-state index in [-0.39, 0.29) is 12.3 Å². The summed E-state index contributed by atoms with van der Waals surface area (Å²) in [6, 6.07) is 13.1. The number of nitrogens with zero attached hydrogens (tertiary/aromatic N) is 5. The number of fused-ring (bicyclic) bond motifs is 3. The molecule has 0 bridgehead atoms. The minimum atomic E-state index is -4.47. The molecule has 14 heteroatoms. The number of nitrogens with one attached hydrogen (secondary N) is 1. The third kappa shape index (κ3) is 7.20. The predicted molar refractivity (Wildman–Crippen MR) is 179 cm³/mol. The van der Waals surface area contributed by atoms with Gasteiger partial charge in [0.15, 0.2) is 5.82 Å². The van der Waals surface area contributed by atoms with E-state index in [0.29, 0.717) is 34.9 Å². The minimum absolute atomic E-state index is 0.224. The molecule has 0 radical (unpaired) electrons. The molecule has 5 aromatic rings. The first-order valence-electron chi connectivity index (χ1n) is 15.5. The number of alkyl halides is 3. The number of likely N-dealkylation sites (N-methyl/N-ethyl adjacent to an activating group) is 1. The van der Waals surface area contributed by atoms with E-state index >= 15 is 0 Å². The molecule has 1 aliphatic carbocycles. The van der Waals surface area contributed by atoms with Gasteiger partial charge >= 0.3 is 6.18 Å². The third-order valence-corrected chi connectivity index (χ3v) is 10.4. The number of aromatic nitrogens is 3. The van der Waals surface area contributed by atoms with Crippen LogP contribution in [0.15, 0.2) is 63.6 Å². The zero-order valence-electron chi connectivity index (χ0n) is 25.7. The first-order chi connectivity index (χ1) is 22.6. The van der Waals surface area contributed by atoms with Crippen molar-refractivity contribution in [3.63, 3.8) is 0 Å². The van der Waals surface area contributed by atoms with Crippen molar-refractivity contribution < 1.29 is 26.5 Å². The highest BCUT2D eigenvalue weighted by Crippen LogP contribution is 2.46. The molecule has 1 saturated carbocycles. The Morgan fingerprint density at radius 2 is 1.85 bits per heavy atom. The van der Waals surface area contributed by atoms with Crippen LogP contribution in [0.3, 0.4) is 0 Å². The predicted octanol–water partition coefficient (Wildman–Crippen LogP) is 7.11. The fraction of sp³-hybridized carbons (Fsp3) is 0.394. The Morgan fingerprint density at radius 3 is 2.62 bits per heavy atom. The van der Waals surface area contributed by atoms with Crippen molar-refractivity contribution in [2.24, 2.45) is 0 Å². The average molecular weight is 732 g/mol. The van der Waals surface area contributed by atoms with Gasteiger partial charge in [-0.15, -0.1) is 5.10 Å². The smallest absolute Gasteiger partial charge is 0.416 e. The number of hydrogen-bond acceptors (Lipinski definition) is 8. The van der Waals surface area contributed by atoms with E-state index in [1.807, 2.05) is 24.3 Å². The number of halogens is 4. The van der Waals surface area contributed by atoms with Gasteiger partial charge in [-0.3, -0.25) is 9.11 Å². The van der Waals surface area contributed by atoms with E-state index in [4.69, 9.17) is 9.15 Å². The van der Waals surface area contributed by atoms with Crippen LogP contribution in [0.4, 0.5) is 24.7 Å². The Kier molecular flexibility index (Phi) is 9.02. The molecule has 3 aromatic heterocycles.